The maximum absolute atomic E-state index is 13.0. The molecule has 0 N–H and O–H groups in total. The molecule has 0 saturated carbocycles. The first-order valence-corrected chi connectivity index (χ1v) is 8.46. The van der Waals surface area contributed by atoms with Crippen molar-refractivity contribution in [2.24, 2.45) is 0 Å². The minimum atomic E-state index is -0.116. The van der Waals surface area contributed by atoms with Crippen LogP contribution in [0.3, 0.4) is 0 Å². The topological polar surface area (TPSA) is 47.8 Å². The van der Waals surface area contributed by atoms with Crippen LogP contribution in [-0.4, -0.2) is 20.3 Å². The number of thioether (sulfide) groups is 1. The number of hydrogen-bond acceptors (Lipinski definition) is 4. The third-order valence-corrected chi connectivity index (χ3v) is 4.41. The summed E-state index contributed by atoms with van der Waals surface area (Å²) in [6, 6.07) is 11.1. The molecule has 0 radical (unpaired) electrons. The quantitative estimate of drug-likeness (QED) is 0.532. The second-order valence-electron chi connectivity index (χ2n) is 4.87. The predicted octanol–water partition coefficient (Wildman–Crippen LogP) is 3.93. The van der Waals surface area contributed by atoms with E-state index >= 15 is 0 Å². The van der Waals surface area contributed by atoms with E-state index in [1.54, 1.807) is 16.8 Å². The van der Waals surface area contributed by atoms with Crippen LogP contribution in [-0.2, 0) is 0 Å². The number of rotatable bonds is 4. The Balaban J connectivity index is 2.28. The number of aryl methyl sites for hydroxylation is 1. The number of para-hydroxylation sites is 1. The van der Waals surface area contributed by atoms with Crippen LogP contribution in [0.25, 0.3) is 16.7 Å². The monoisotopic (exact) mass is 343 g/mol. The Morgan fingerprint density at radius 2 is 2.09 bits per heavy atom. The Bertz CT molecular complexity index is 937. The number of hydrogen-bond donors (Lipinski definition) is 0. The third kappa shape index (κ3) is 3.16. The van der Waals surface area contributed by atoms with Crippen molar-refractivity contribution in [3.05, 3.63) is 70.1 Å². The summed E-state index contributed by atoms with van der Waals surface area (Å²) in [5.41, 5.74) is 2.94. The molecule has 6 heteroatoms. The van der Waals surface area contributed by atoms with Crippen LogP contribution in [0, 0.1) is 6.92 Å². The number of nitrogens with zero attached hydrogens (tertiary/aromatic N) is 3. The van der Waals surface area contributed by atoms with Crippen molar-refractivity contribution in [3.8, 4) is 5.82 Å². The smallest absolute Gasteiger partial charge is 0.267 e. The summed E-state index contributed by atoms with van der Waals surface area (Å²) in [6.45, 7) is 1.93. The molecule has 0 aliphatic rings. The van der Waals surface area contributed by atoms with Gasteiger partial charge < -0.3 is 0 Å². The first kappa shape index (κ1) is 15.8. The van der Waals surface area contributed by atoms with Crippen molar-refractivity contribution >= 4 is 34.3 Å². The molecule has 0 amide bonds. The molecule has 0 aliphatic heterocycles. The fourth-order valence-electron chi connectivity index (χ4n) is 2.27. The van der Waals surface area contributed by atoms with E-state index in [2.05, 4.69) is 9.97 Å². The highest BCUT2D eigenvalue weighted by Gasteiger charge is 2.14. The lowest BCUT2D eigenvalue weighted by Gasteiger charge is -2.13. The van der Waals surface area contributed by atoms with Gasteiger partial charge in [-0.2, -0.15) is 0 Å². The van der Waals surface area contributed by atoms with Gasteiger partial charge in [0.15, 0.2) is 5.16 Å². The van der Waals surface area contributed by atoms with E-state index in [0.717, 1.165) is 5.56 Å². The van der Waals surface area contributed by atoms with Gasteiger partial charge >= 0.3 is 0 Å². The standard InChI is InChI=1S/C17H14ClN3OS/c1-12-6-4-10-19-15(12)21-16(22)13-7-2-3-8-14(13)20-17(21)23-11-5-9-18/h2-10H,11H2,1H3/b9-5+. The zero-order valence-corrected chi connectivity index (χ0v) is 14.0. The van der Waals surface area contributed by atoms with Crippen molar-refractivity contribution in [3.63, 3.8) is 0 Å². The van der Waals surface area contributed by atoms with E-state index in [9.17, 15) is 4.79 Å². The predicted molar refractivity (Wildman–Crippen MR) is 95.6 cm³/mol. The molecule has 0 aliphatic carbocycles. The second-order valence-corrected chi connectivity index (χ2v) is 6.11. The summed E-state index contributed by atoms with van der Waals surface area (Å²) < 4.78 is 1.57. The van der Waals surface area contributed by atoms with Crippen molar-refractivity contribution in [1.82, 2.24) is 14.5 Å². The van der Waals surface area contributed by atoms with Crippen LogP contribution in [0.15, 0.2) is 64.2 Å². The van der Waals surface area contributed by atoms with Gasteiger partial charge in [0.25, 0.3) is 5.56 Å². The van der Waals surface area contributed by atoms with E-state index in [1.165, 1.54) is 17.3 Å². The van der Waals surface area contributed by atoms with Crippen LogP contribution in [0.5, 0.6) is 0 Å². The number of pyridine rings is 1. The molecule has 116 valence electrons. The summed E-state index contributed by atoms with van der Waals surface area (Å²) >= 11 is 7.03. The molecule has 0 unspecified atom stereocenters. The number of fused-ring (bicyclic) bond motifs is 1. The molecule has 3 rings (SSSR count). The molecular formula is C17H14ClN3OS. The van der Waals surface area contributed by atoms with Crippen LogP contribution >= 0.6 is 23.4 Å². The number of aromatic nitrogens is 3. The van der Waals surface area contributed by atoms with E-state index in [4.69, 9.17) is 11.6 Å². The van der Waals surface area contributed by atoms with Crippen molar-refractivity contribution < 1.29 is 0 Å². The zero-order valence-electron chi connectivity index (χ0n) is 12.4. The highest BCUT2D eigenvalue weighted by molar-refractivity contribution is 7.99. The Morgan fingerprint density at radius 1 is 1.26 bits per heavy atom. The summed E-state index contributed by atoms with van der Waals surface area (Å²) in [6.07, 6.45) is 3.49. The van der Waals surface area contributed by atoms with Crippen molar-refractivity contribution in [1.29, 1.82) is 0 Å². The minimum absolute atomic E-state index is 0.116. The molecule has 0 fully saturated rings. The molecule has 1 aromatic carbocycles. The van der Waals surface area contributed by atoms with Crippen LogP contribution < -0.4 is 5.56 Å². The average molecular weight is 344 g/mol. The van der Waals surface area contributed by atoms with Crippen molar-refractivity contribution in [2.45, 2.75) is 12.1 Å². The van der Waals surface area contributed by atoms with Gasteiger partial charge in [-0.25, -0.2) is 14.5 Å². The molecular weight excluding hydrogens is 330 g/mol. The minimum Gasteiger partial charge on any atom is -0.268 e. The van der Waals surface area contributed by atoms with Gasteiger partial charge in [0, 0.05) is 17.5 Å². The fourth-order valence-corrected chi connectivity index (χ4v) is 3.26. The first-order chi connectivity index (χ1) is 11.2. The van der Waals surface area contributed by atoms with Gasteiger partial charge in [-0.15, -0.1) is 0 Å². The maximum Gasteiger partial charge on any atom is 0.267 e. The van der Waals surface area contributed by atoms with Crippen molar-refractivity contribution in [2.75, 3.05) is 5.75 Å². The Hall–Kier alpha value is -2.11. The molecule has 2 heterocycles. The van der Waals surface area contributed by atoms with Gasteiger partial charge in [-0.1, -0.05) is 47.6 Å². The molecule has 0 atom stereocenters. The molecule has 4 nitrogen and oxygen atoms in total. The molecule has 0 spiro atoms. The van der Waals surface area contributed by atoms with E-state index in [-0.39, 0.29) is 5.56 Å². The SMILES string of the molecule is Cc1cccnc1-n1c(SC/C=C/Cl)nc2ccccc2c1=O. The Morgan fingerprint density at radius 3 is 2.87 bits per heavy atom. The summed E-state index contributed by atoms with van der Waals surface area (Å²) in [7, 11) is 0. The van der Waals surface area contributed by atoms with Gasteiger partial charge in [-0.3, -0.25) is 4.79 Å². The number of halogens is 1. The Kier molecular flexibility index (Phi) is 4.79. The third-order valence-electron chi connectivity index (χ3n) is 3.34. The maximum atomic E-state index is 13.0. The lowest BCUT2D eigenvalue weighted by Crippen LogP contribution is -2.23. The van der Waals surface area contributed by atoms with E-state index in [0.29, 0.717) is 27.6 Å². The zero-order chi connectivity index (χ0) is 16.2. The molecule has 23 heavy (non-hydrogen) atoms. The molecule has 0 bridgehead atoms. The van der Waals surface area contributed by atoms with Crippen LogP contribution in [0.1, 0.15) is 5.56 Å². The second kappa shape index (κ2) is 6.98. The van der Waals surface area contributed by atoms with Gasteiger partial charge in [0.1, 0.15) is 5.82 Å². The van der Waals surface area contributed by atoms with Gasteiger partial charge in [-0.05, 0) is 30.7 Å². The summed E-state index contributed by atoms with van der Waals surface area (Å²) in [5, 5.41) is 1.18. The highest BCUT2D eigenvalue weighted by atomic mass is 35.5. The lowest BCUT2D eigenvalue weighted by molar-refractivity contribution is 0.790. The first-order valence-electron chi connectivity index (χ1n) is 7.04. The fraction of sp³-hybridized carbons (Fsp3) is 0.118. The lowest BCUT2D eigenvalue weighted by atomic mass is 10.2. The summed E-state index contributed by atoms with van der Waals surface area (Å²) in [4.78, 5) is 22.0. The molecule has 0 saturated heterocycles. The van der Waals surface area contributed by atoms with E-state index in [1.807, 2.05) is 43.3 Å². The van der Waals surface area contributed by atoms with Gasteiger partial charge in [0.05, 0.1) is 10.9 Å². The normalized spacial score (nSPS) is 11.4. The van der Waals surface area contributed by atoms with Gasteiger partial charge in [0.2, 0.25) is 0 Å². The van der Waals surface area contributed by atoms with E-state index < -0.39 is 0 Å². The largest absolute Gasteiger partial charge is 0.268 e. The average Bonchev–Trinajstić information content (AvgIpc) is 2.57. The molecule has 3 aromatic rings. The van der Waals surface area contributed by atoms with Crippen LogP contribution in [0.2, 0.25) is 0 Å². The summed E-state index contributed by atoms with van der Waals surface area (Å²) in [5.74, 6) is 1.23. The number of benzene rings is 1. The highest BCUT2D eigenvalue weighted by Crippen LogP contribution is 2.21. The molecule has 2 aromatic heterocycles. The Labute approximate surface area is 142 Å². The van der Waals surface area contributed by atoms with Crippen LogP contribution in [0.4, 0.5) is 0 Å².